The van der Waals surface area contributed by atoms with E-state index in [1.807, 2.05) is 0 Å². The van der Waals surface area contributed by atoms with Gasteiger partial charge >= 0.3 is 0 Å². The molecule has 1 fully saturated rings. The van der Waals surface area contributed by atoms with Gasteiger partial charge in [0, 0.05) is 54.2 Å². The van der Waals surface area contributed by atoms with Gasteiger partial charge < -0.3 is 21.2 Å². The van der Waals surface area contributed by atoms with Crippen molar-refractivity contribution in [1.82, 2.24) is 15.7 Å². The predicted molar refractivity (Wildman–Crippen MR) is 133 cm³/mol. The number of hydrogen-bond acceptors (Lipinski definition) is 8. The van der Waals surface area contributed by atoms with Gasteiger partial charge in [0.05, 0.1) is 11.4 Å². The first-order chi connectivity index (χ1) is 16.3. The van der Waals surface area contributed by atoms with Crippen LogP contribution in [0.4, 0.5) is 10.2 Å². The molecule has 178 valence electrons. The van der Waals surface area contributed by atoms with Crippen molar-refractivity contribution in [2.45, 2.75) is 32.3 Å². The lowest BCUT2D eigenvalue weighted by molar-refractivity contribution is 0.227. The maximum absolute atomic E-state index is 14.2. The minimum atomic E-state index is -0.627. The maximum atomic E-state index is 14.2. The van der Waals surface area contributed by atoms with E-state index in [0.29, 0.717) is 45.3 Å². The molecule has 1 atom stereocenters. The van der Waals surface area contributed by atoms with Gasteiger partial charge in [-0.15, -0.1) is 0 Å². The van der Waals surface area contributed by atoms with Crippen LogP contribution in [0.15, 0.2) is 41.1 Å². The average Bonchev–Trinajstić information content (AvgIpc) is 3.63. The molecule has 1 aromatic carbocycles. The van der Waals surface area contributed by atoms with E-state index in [4.69, 9.17) is 32.9 Å². The molecule has 1 aliphatic carbocycles. The van der Waals surface area contributed by atoms with Gasteiger partial charge in [0.1, 0.15) is 17.1 Å². The highest BCUT2D eigenvalue weighted by atomic mass is 35.5. The molecule has 2 bridgehead atoms. The third-order valence-corrected chi connectivity index (χ3v) is 6.13. The topological polar surface area (TPSA) is 132 Å². The van der Waals surface area contributed by atoms with E-state index in [-0.39, 0.29) is 23.1 Å². The predicted octanol–water partition coefficient (Wildman–Crippen LogP) is 4.22. The van der Waals surface area contributed by atoms with Gasteiger partial charge in [-0.05, 0) is 49.9 Å². The Morgan fingerprint density at radius 1 is 1.35 bits per heavy atom. The number of halogens is 2. The number of pyridine rings is 1. The van der Waals surface area contributed by atoms with Gasteiger partial charge in [-0.25, -0.2) is 9.37 Å². The number of ether oxygens (including phenoxy) is 1. The molecule has 2 aliphatic rings. The summed E-state index contributed by atoms with van der Waals surface area (Å²) in [6.07, 6.45) is 3.36. The van der Waals surface area contributed by atoms with Crippen LogP contribution < -0.4 is 21.2 Å². The van der Waals surface area contributed by atoms with Gasteiger partial charge in [0.15, 0.2) is 11.6 Å². The summed E-state index contributed by atoms with van der Waals surface area (Å²) in [5.74, 6) is 0.614. The van der Waals surface area contributed by atoms with Gasteiger partial charge in [-0.3, -0.25) is 10.8 Å². The van der Waals surface area contributed by atoms with Crippen LogP contribution in [0.25, 0.3) is 5.70 Å². The van der Waals surface area contributed by atoms with E-state index in [9.17, 15) is 4.39 Å². The number of rotatable bonds is 5. The molecule has 2 heterocycles. The van der Waals surface area contributed by atoms with Crippen molar-refractivity contribution in [2.75, 3.05) is 19.3 Å². The SMILES string of the molecule is CN/N=C1/C/C(C(=N)Cl)=C(/NCC2CC2)c2cnc(N)c(c2)O[C@H](C)c2cc(F)ccc2C1=N. The Kier molecular flexibility index (Phi) is 6.83. The van der Waals surface area contributed by atoms with Crippen molar-refractivity contribution in [2.24, 2.45) is 11.0 Å². The molecule has 0 spiro atoms. The van der Waals surface area contributed by atoms with E-state index in [0.717, 1.165) is 19.4 Å². The number of nitrogens with zero attached hydrogens (tertiary/aromatic N) is 2. The third kappa shape index (κ3) is 5.04. The summed E-state index contributed by atoms with van der Waals surface area (Å²) < 4.78 is 20.3. The standard InChI is InChI=1S/C24H27ClFN7O/c1-12-17-8-15(26)5-6-16(17)21(27)19(33-30-2)9-18(23(25)28)22(31-10-13-3-4-13)14-7-20(34-12)24(29)32-11-14/h5-8,11-13,27-28,30-31H,3-4,9-10H2,1-2H3,(H2,29,32)/b22-18-,27-21?,28-23?,33-19-/t12-/m1/s1. The molecule has 0 saturated heterocycles. The molecule has 8 nitrogen and oxygen atoms in total. The van der Waals surface area contributed by atoms with Crippen LogP contribution in [0.2, 0.25) is 0 Å². The van der Waals surface area contributed by atoms with Crippen LogP contribution in [0, 0.1) is 22.6 Å². The second kappa shape index (κ2) is 9.80. The zero-order chi connectivity index (χ0) is 24.4. The minimum absolute atomic E-state index is 0.0760. The van der Waals surface area contributed by atoms with Crippen LogP contribution in [0.3, 0.4) is 0 Å². The highest BCUT2D eigenvalue weighted by Crippen LogP contribution is 2.34. The van der Waals surface area contributed by atoms with Crippen molar-refractivity contribution >= 4 is 39.7 Å². The largest absolute Gasteiger partial charge is 0.482 e. The minimum Gasteiger partial charge on any atom is -0.482 e. The quantitative estimate of drug-likeness (QED) is 0.321. The molecule has 10 heteroatoms. The van der Waals surface area contributed by atoms with E-state index in [1.54, 1.807) is 26.2 Å². The number of fused-ring (bicyclic) bond motifs is 3. The van der Waals surface area contributed by atoms with E-state index < -0.39 is 11.9 Å². The number of hydrazone groups is 1. The molecule has 2 aromatic rings. The molecule has 0 unspecified atom stereocenters. The fourth-order valence-corrected chi connectivity index (χ4v) is 4.07. The van der Waals surface area contributed by atoms with E-state index in [2.05, 4.69) is 20.8 Å². The van der Waals surface area contributed by atoms with Crippen molar-refractivity contribution in [3.8, 4) is 5.75 Å². The molecule has 34 heavy (non-hydrogen) atoms. The van der Waals surface area contributed by atoms with Crippen molar-refractivity contribution in [3.63, 3.8) is 0 Å². The zero-order valence-electron chi connectivity index (χ0n) is 19.0. The number of benzene rings is 1. The number of aromatic nitrogens is 1. The molecular formula is C24H27ClFN7O. The fourth-order valence-electron chi connectivity index (χ4n) is 3.91. The number of nitrogen functional groups attached to an aromatic ring is 1. The number of nitrogens with one attached hydrogen (secondary N) is 4. The number of allylic oxidation sites excluding steroid dienone is 1. The summed E-state index contributed by atoms with van der Waals surface area (Å²) in [6.45, 7) is 2.48. The summed E-state index contributed by atoms with van der Waals surface area (Å²) in [4.78, 5) is 4.30. The van der Waals surface area contributed by atoms with Crippen LogP contribution in [-0.4, -0.2) is 35.2 Å². The molecule has 0 amide bonds. The lowest BCUT2D eigenvalue weighted by atomic mass is 9.92. The first-order valence-electron chi connectivity index (χ1n) is 11.0. The average molecular weight is 484 g/mol. The lowest BCUT2D eigenvalue weighted by Gasteiger charge is -2.23. The second-order valence-electron chi connectivity index (χ2n) is 8.42. The number of nitrogens with two attached hydrogens (primary N) is 1. The van der Waals surface area contributed by atoms with Gasteiger partial charge in [-0.2, -0.15) is 5.10 Å². The molecule has 6 N–H and O–H groups in total. The van der Waals surface area contributed by atoms with Crippen LogP contribution in [0.5, 0.6) is 5.75 Å². The smallest absolute Gasteiger partial charge is 0.166 e. The monoisotopic (exact) mass is 483 g/mol. The van der Waals surface area contributed by atoms with Gasteiger partial charge in [-0.1, -0.05) is 11.6 Å². The summed E-state index contributed by atoms with van der Waals surface area (Å²) in [6, 6.07) is 5.91. The van der Waals surface area contributed by atoms with E-state index >= 15 is 0 Å². The molecule has 4 rings (SSSR count). The van der Waals surface area contributed by atoms with Gasteiger partial charge in [0.2, 0.25) is 0 Å². The van der Waals surface area contributed by atoms with Crippen molar-refractivity contribution in [1.29, 1.82) is 10.8 Å². The molecule has 1 aromatic heterocycles. The molecule has 1 saturated carbocycles. The molecule has 1 aliphatic heterocycles. The summed E-state index contributed by atoms with van der Waals surface area (Å²) in [5.41, 5.74) is 11.9. The second-order valence-corrected chi connectivity index (χ2v) is 8.80. The Labute approximate surface area is 202 Å². The van der Waals surface area contributed by atoms with Crippen LogP contribution in [-0.2, 0) is 0 Å². The maximum Gasteiger partial charge on any atom is 0.166 e. The van der Waals surface area contributed by atoms with Crippen molar-refractivity contribution < 1.29 is 9.13 Å². The van der Waals surface area contributed by atoms with Crippen molar-refractivity contribution in [3.05, 3.63) is 58.5 Å². The summed E-state index contributed by atoms with van der Waals surface area (Å²) in [7, 11) is 1.63. The Morgan fingerprint density at radius 3 is 2.79 bits per heavy atom. The first kappa shape index (κ1) is 23.7. The lowest BCUT2D eigenvalue weighted by Crippen LogP contribution is -2.25. The summed E-state index contributed by atoms with van der Waals surface area (Å²) in [5, 5.41) is 24.8. The number of hydrogen-bond donors (Lipinski definition) is 5. The highest BCUT2D eigenvalue weighted by Gasteiger charge is 2.27. The summed E-state index contributed by atoms with van der Waals surface area (Å²) >= 11 is 6.29. The zero-order valence-corrected chi connectivity index (χ0v) is 19.8. The first-order valence-corrected chi connectivity index (χ1v) is 11.4. The molecular weight excluding hydrogens is 457 g/mol. The normalized spacial score (nSPS) is 21.7. The van der Waals surface area contributed by atoms with Crippen LogP contribution in [0.1, 0.15) is 49.0 Å². The Hall–Kier alpha value is -3.46. The van der Waals surface area contributed by atoms with Gasteiger partial charge in [0.25, 0.3) is 0 Å². The Morgan fingerprint density at radius 2 is 2.12 bits per heavy atom. The highest BCUT2D eigenvalue weighted by molar-refractivity contribution is 6.70. The fraction of sp³-hybridized carbons (Fsp3) is 0.333. The van der Waals surface area contributed by atoms with E-state index in [1.165, 1.54) is 18.2 Å². The molecule has 0 radical (unpaired) electrons. The third-order valence-electron chi connectivity index (χ3n) is 5.91. The van der Waals surface area contributed by atoms with Crippen LogP contribution >= 0.6 is 11.6 Å². The Balaban J connectivity index is 1.95. The number of anilines is 1. The Bertz CT molecular complexity index is 1210.